The molecule has 0 bridgehead atoms. The van der Waals surface area contributed by atoms with Crippen LogP contribution in [0.15, 0.2) is 24.4 Å². The van der Waals surface area contributed by atoms with Crippen molar-refractivity contribution in [1.29, 1.82) is 0 Å². The lowest BCUT2D eigenvalue weighted by Crippen LogP contribution is -2.54. The largest absolute Gasteiger partial charge is 0.314 e. The highest BCUT2D eigenvalue weighted by atomic mass is 16.1. The first kappa shape index (κ1) is 13.2. The monoisotopic (exact) mass is 247 g/mol. The molecule has 0 aliphatic carbocycles. The van der Waals surface area contributed by atoms with E-state index < -0.39 is 0 Å². The van der Waals surface area contributed by atoms with Crippen molar-refractivity contribution in [2.75, 3.05) is 26.2 Å². The average Bonchev–Trinajstić information content (AvgIpc) is 2.40. The maximum atomic E-state index is 12.2. The highest BCUT2D eigenvalue weighted by molar-refractivity contribution is 5.94. The van der Waals surface area contributed by atoms with Gasteiger partial charge in [0.2, 0.25) is 0 Å². The molecule has 1 saturated heterocycles. The van der Waals surface area contributed by atoms with E-state index in [1.807, 2.05) is 12.1 Å². The summed E-state index contributed by atoms with van der Waals surface area (Å²) in [7, 11) is 0. The number of nitrogens with one attached hydrogen (secondary N) is 1. The Kier molecular flexibility index (Phi) is 4.09. The quantitative estimate of drug-likeness (QED) is 0.816. The SMILES string of the molecule is CC(C)(CC(=O)c1ccccn1)N1CCNCC1. The number of Topliss-reactive ketones (excluding diaryl/α,β-unsaturated/α-hetero) is 1. The van der Waals surface area contributed by atoms with Gasteiger partial charge >= 0.3 is 0 Å². The Bertz CT molecular complexity index is 397. The Hall–Kier alpha value is -1.26. The number of piperazine rings is 1. The summed E-state index contributed by atoms with van der Waals surface area (Å²) in [4.78, 5) is 18.7. The summed E-state index contributed by atoms with van der Waals surface area (Å²) in [5.74, 6) is 0.124. The van der Waals surface area contributed by atoms with Crippen molar-refractivity contribution >= 4 is 5.78 Å². The highest BCUT2D eigenvalue weighted by Crippen LogP contribution is 2.21. The molecule has 2 heterocycles. The zero-order valence-electron chi connectivity index (χ0n) is 11.1. The molecule has 18 heavy (non-hydrogen) atoms. The molecule has 4 heteroatoms. The first-order valence-electron chi connectivity index (χ1n) is 6.49. The van der Waals surface area contributed by atoms with E-state index in [1.165, 1.54) is 0 Å². The molecule has 98 valence electrons. The standard InChI is InChI=1S/C14H21N3O/c1-14(2,17-9-7-15-8-10-17)11-13(18)12-5-3-4-6-16-12/h3-6,15H,7-11H2,1-2H3. The Morgan fingerprint density at radius 3 is 2.72 bits per heavy atom. The molecule has 0 unspecified atom stereocenters. The van der Waals surface area contributed by atoms with Crippen LogP contribution in [-0.4, -0.2) is 47.4 Å². The van der Waals surface area contributed by atoms with Crippen LogP contribution in [-0.2, 0) is 0 Å². The van der Waals surface area contributed by atoms with E-state index in [0.29, 0.717) is 12.1 Å². The molecular formula is C14H21N3O. The molecule has 0 radical (unpaired) electrons. The van der Waals surface area contributed by atoms with Crippen molar-refractivity contribution in [2.45, 2.75) is 25.8 Å². The molecule has 1 aromatic heterocycles. The fourth-order valence-electron chi connectivity index (χ4n) is 2.39. The lowest BCUT2D eigenvalue weighted by atomic mass is 9.93. The maximum Gasteiger partial charge on any atom is 0.182 e. The second kappa shape index (κ2) is 5.59. The van der Waals surface area contributed by atoms with Gasteiger partial charge in [-0.3, -0.25) is 14.7 Å². The average molecular weight is 247 g/mol. The summed E-state index contributed by atoms with van der Waals surface area (Å²) in [6.45, 7) is 8.28. The molecular weight excluding hydrogens is 226 g/mol. The number of aromatic nitrogens is 1. The molecule has 1 aromatic rings. The maximum absolute atomic E-state index is 12.2. The number of carbonyl (C=O) groups excluding carboxylic acids is 1. The fraction of sp³-hybridized carbons (Fsp3) is 0.571. The number of rotatable bonds is 4. The molecule has 0 aromatic carbocycles. The third-order valence-corrected chi connectivity index (χ3v) is 3.52. The molecule has 0 spiro atoms. The smallest absolute Gasteiger partial charge is 0.182 e. The van der Waals surface area contributed by atoms with Crippen molar-refractivity contribution in [3.63, 3.8) is 0 Å². The van der Waals surface area contributed by atoms with Crippen LogP contribution in [0.1, 0.15) is 30.8 Å². The molecule has 0 amide bonds. The normalized spacial score (nSPS) is 17.7. The number of ketones is 1. The lowest BCUT2D eigenvalue weighted by molar-refractivity contribution is 0.0726. The summed E-state index contributed by atoms with van der Waals surface area (Å²) in [6, 6.07) is 5.48. The molecule has 1 aliphatic heterocycles. The summed E-state index contributed by atoms with van der Waals surface area (Å²) >= 11 is 0. The predicted octanol–water partition coefficient (Wildman–Crippen LogP) is 1.34. The molecule has 1 fully saturated rings. The van der Waals surface area contributed by atoms with Crippen LogP contribution in [0.2, 0.25) is 0 Å². The van der Waals surface area contributed by atoms with Gasteiger partial charge in [-0.2, -0.15) is 0 Å². The van der Waals surface area contributed by atoms with Gasteiger partial charge in [-0.05, 0) is 26.0 Å². The van der Waals surface area contributed by atoms with Gasteiger partial charge in [-0.1, -0.05) is 6.07 Å². The minimum absolute atomic E-state index is 0.100. The van der Waals surface area contributed by atoms with Crippen LogP contribution in [0.4, 0.5) is 0 Å². The lowest BCUT2D eigenvalue weighted by Gasteiger charge is -2.40. The van der Waals surface area contributed by atoms with E-state index in [0.717, 1.165) is 26.2 Å². The Balaban J connectivity index is 2.01. The van der Waals surface area contributed by atoms with Crippen LogP contribution in [0.3, 0.4) is 0 Å². The van der Waals surface area contributed by atoms with Gasteiger partial charge < -0.3 is 5.32 Å². The molecule has 4 nitrogen and oxygen atoms in total. The van der Waals surface area contributed by atoms with Gasteiger partial charge in [-0.15, -0.1) is 0 Å². The van der Waals surface area contributed by atoms with Crippen molar-refractivity contribution in [3.8, 4) is 0 Å². The third-order valence-electron chi connectivity index (χ3n) is 3.52. The molecule has 0 saturated carbocycles. The zero-order chi connectivity index (χ0) is 13.0. The third kappa shape index (κ3) is 3.15. The summed E-state index contributed by atoms with van der Waals surface area (Å²) in [6.07, 6.45) is 2.19. The van der Waals surface area contributed by atoms with Crippen molar-refractivity contribution in [3.05, 3.63) is 30.1 Å². The van der Waals surface area contributed by atoms with E-state index in [9.17, 15) is 4.79 Å². The van der Waals surface area contributed by atoms with Gasteiger partial charge in [0, 0.05) is 44.3 Å². The molecule has 2 rings (SSSR count). The second-order valence-electron chi connectivity index (χ2n) is 5.36. The topological polar surface area (TPSA) is 45.2 Å². The van der Waals surface area contributed by atoms with Gasteiger partial charge in [0.1, 0.15) is 5.69 Å². The molecule has 1 aliphatic rings. The number of hydrogen-bond donors (Lipinski definition) is 1. The first-order valence-corrected chi connectivity index (χ1v) is 6.49. The van der Waals surface area contributed by atoms with Gasteiger partial charge in [0.25, 0.3) is 0 Å². The first-order chi connectivity index (χ1) is 8.59. The minimum Gasteiger partial charge on any atom is -0.314 e. The highest BCUT2D eigenvalue weighted by Gasteiger charge is 2.30. The van der Waals surface area contributed by atoms with E-state index >= 15 is 0 Å². The zero-order valence-corrected chi connectivity index (χ0v) is 11.1. The second-order valence-corrected chi connectivity index (χ2v) is 5.36. The number of carbonyl (C=O) groups is 1. The van der Waals surface area contributed by atoms with E-state index in [1.54, 1.807) is 12.3 Å². The summed E-state index contributed by atoms with van der Waals surface area (Å²) in [5, 5.41) is 3.33. The van der Waals surface area contributed by atoms with Gasteiger partial charge in [-0.25, -0.2) is 0 Å². The predicted molar refractivity (Wildman–Crippen MR) is 71.7 cm³/mol. The summed E-state index contributed by atoms with van der Waals surface area (Å²) in [5.41, 5.74) is 0.470. The van der Waals surface area contributed by atoms with Crippen molar-refractivity contribution in [2.24, 2.45) is 0 Å². The van der Waals surface area contributed by atoms with Crippen LogP contribution >= 0.6 is 0 Å². The summed E-state index contributed by atoms with van der Waals surface area (Å²) < 4.78 is 0. The Morgan fingerprint density at radius 2 is 2.11 bits per heavy atom. The van der Waals surface area contributed by atoms with Crippen LogP contribution in [0.5, 0.6) is 0 Å². The number of hydrogen-bond acceptors (Lipinski definition) is 4. The molecule has 0 atom stereocenters. The number of nitrogens with zero attached hydrogens (tertiary/aromatic N) is 2. The Labute approximate surface area is 108 Å². The van der Waals surface area contributed by atoms with Crippen molar-refractivity contribution < 1.29 is 4.79 Å². The minimum atomic E-state index is -0.100. The van der Waals surface area contributed by atoms with Crippen LogP contribution < -0.4 is 5.32 Å². The van der Waals surface area contributed by atoms with Gasteiger partial charge in [0.15, 0.2) is 5.78 Å². The Morgan fingerprint density at radius 1 is 1.39 bits per heavy atom. The van der Waals surface area contributed by atoms with Crippen molar-refractivity contribution in [1.82, 2.24) is 15.2 Å². The van der Waals surface area contributed by atoms with E-state index in [2.05, 4.69) is 29.0 Å². The van der Waals surface area contributed by atoms with Gasteiger partial charge in [0.05, 0.1) is 0 Å². The van der Waals surface area contributed by atoms with E-state index in [-0.39, 0.29) is 11.3 Å². The fourth-order valence-corrected chi connectivity index (χ4v) is 2.39. The number of pyridine rings is 1. The van der Waals surface area contributed by atoms with Crippen LogP contribution in [0.25, 0.3) is 0 Å². The van der Waals surface area contributed by atoms with Crippen LogP contribution in [0, 0.1) is 0 Å². The molecule has 1 N–H and O–H groups in total. The van der Waals surface area contributed by atoms with E-state index in [4.69, 9.17) is 0 Å².